The quantitative estimate of drug-likeness (QED) is 0.204. The molecule has 6 rings (SSSR count). The molecule has 0 aromatic heterocycles. The largest absolute Gasteiger partial charge is 0.404 e. The highest BCUT2D eigenvalue weighted by Gasteiger charge is 2.56. The molecule has 4 aromatic carbocycles. The van der Waals surface area contributed by atoms with Crippen molar-refractivity contribution < 1.29 is 13.7 Å². The lowest BCUT2D eigenvalue weighted by Gasteiger charge is -2.49. The van der Waals surface area contributed by atoms with Gasteiger partial charge in [0.15, 0.2) is 0 Å². The first kappa shape index (κ1) is 31.7. The minimum atomic E-state index is -2.80. The van der Waals surface area contributed by atoms with Gasteiger partial charge in [0.1, 0.15) is 6.61 Å². The SMILES string of the molecule is CC(C)(C)[Si](OC1CC2=NOCC2C(O[Si](c2ccccc2)(c2ccccc2)C(C)(C)C)C1)(c1ccccc1)c1ccccc1. The fourth-order valence-electron chi connectivity index (χ4n) is 7.69. The molecule has 3 unspecified atom stereocenters. The normalized spacial score (nSPS) is 20.7. The molecule has 1 aliphatic heterocycles. The smallest absolute Gasteiger partial charge is 0.261 e. The van der Waals surface area contributed by atoms with Crippen LogP contribution in [0.5, 0.6) is 0 Å². The number of hydrogen-bond donors (Lipinski definition) is 0. The van der Waals surface area contributed by atoms with Crippen LogP contribution in [0.2, 0.25) is 10.1 Å². The number of oxime groups is 1. The second-order valence-corrected chi connectivity index (χ2v) is 23.2. The molecule has 1 aliphatic carbocycles. The maximum atomic E-state index is 7.78. The lowest BCUT2D eigenvalue weighted by Crippen LogP contribution is -2.70. The molecule has 45 heavy (non-hydrogen) atoms. The zero-order valence-electron chi connectivity index (χ0n) is 27.6. The van der Waals surface area contributed by atoms with Gasteiger partial charge in [0.05, 0.1) is 23.8 Å². The summed E-state index contributed by atoms with van der Waals surface area (Å²) in [6, 6.07) is 43.7. The highest BCUT2D eigenvalue weighted by molar-refractivity contribution is 7.00. The van der Waals surface area contributed by atoms with E-state index in [0.717, 1.165) is 18.6 Å². The molecule has 0 radical (unpaired) electrons. The van der Waals surface area contributed by atoms with Gasteiger partial charge in [-0.1, -0.05) is 168 Å². The van der Waals surface area contributed by atoms with Gasteiger partial charge < -0.3 is 13.7 Å². The fraction of sp³-hybridized carbons (Fsp3) is 0.359. The van der Waals surface area contributed by atoms with Crippen molar-refractivity contribution in [3.63, 3.8) is 0 Å². The Hall–Kier alpha value is -3.30. The molecular weight excluding hydrogens is 587 g/mol. The Morgan fingerprint density at radius 3 is 1.33 bits per heavy atom. The van der Waals surface area contributed by atoms with Crippen LogP contribution in [0.3, 0.4) is 0 Å². The number of benzene rings is 4. The molecule has 6 heteroatoms. The van der Waals surface area contributed by atoms with E-state index in [1.54, 1.807) is 0 Å². The number of hydrogen-bond acceptors (Lipinski definition) is 4. The van der Waals surface area contributed by atoms with Crippen molar-refractivity contribution in [2.75, 3.05) is 6.61 Å². The van der Waals surface area contributed by atoms with Gasteiger partial charge in [-0.2, -0.15) is 0 Å². The second kappa shape index (κ2) is 12.5. The van der Waals surface area contributed by atoms with Crippen LogP contribution in [-0.4, -0.2) is 41.2 Å². The van der Waals surface area contributed by atoms with E-state index < -0.39 is 16.6 Å². The first-order chi connectivity index (χ1) is 21.6. The van der Waals surface area contributed by atoms with Crippen molar-refractivity contribution in [2.24, 2.45) is 11.1 Å². The van der Waals surface area contributed by atoms with Crippen molar-refractivity contribution in [1.29, 1.82) is 0 Å². The Balaban J connectivity index is 1.45. The van der Waals surface area contributed by atoms with Gasteiger partial charge in [0, 0.05) is 6.42 Å². The molecular formula is C39H47NO3Si2. The predicted molar refractivity (Wildman–Crippen MR) is 191 cm³/mol. The van der Waals surface area contributed by atoms with Crippen LogP contribution in [-0.2, 0) is 13.7 Å². The molecule has 3 atom stereocenters. The summed E-state index contributed by atoms with van der Waals surface area (Å²) in [5.74, 6) is 0.116. The average Bonchev–Trinajstić information content (AvgIpc) is 3.52. The van der Waals surface area contributed by atoms with Crippen LogP contribution >= 0.6 is 0 Å². The third-order valence-electron chi connectivity index (χ3n) is 9.75. The van der Waals surface area contributed by atoms with Crippen molar-refractivity contribution in [1.82, 2.24) is 0 Å². The van der Waals surface area contributed by atoms with Gasteiger partial charge in [-0.3, -0.25) is 0 Å². The van der Waals surface area contributed by atoms with Crippen molar-refractivity contribution in [2.45, 2.75) is 76.7 Å². The predicted octanol–water partition coefficient (Wildman–Crippen LogP) is 6.67. The van der Waals surface area contributed by atoms with E-state index in [4.69, 9.17) is 13.7 Å². The summed E-state index contributed by atoms with van der Waals surface area (Å²) in [5.41, 5.74) is 1.08. The van der Waals surface area contributed by atoms with E-state index in [1.165, 1.54) is 20.7 Å². The molecule has 4 aromatic rings. The van der Waals surface area contributed by atoms with Gasteiger partial charge in [-0.15, -0.1) is 0 Å². The molecule has 2 aliphatic rings. The topological polar surface area (TPSA) is 40.0 Å². The van der Waals surface area contributed by atoms with E-state index in [0.29, 0.717) is 6.61 Å². The van der Waals surface area contributed by atoms with Crippen molar-refractivity contribution in [3.05, 3.63) is 121 Å². The van der Waals surface area contributed by atoms with Crippen LogP contribution in [0.25, 0.3) is 0 Å². The third-order valence-corrected chi connectivity index (χ3v) is 19.9. The maximum absolute atomic E-state index is 7.78. The summed E-state index contributed by atoms with van der Waals surface area (Å²) in [5, 5.41) is 9.54. The maximum Gasteiger partial charge on any atom is 0.261 e. The Morgan fingerprint density at radius 1 is 0.578 bits per heavy atom. The highest BCUT2D eigenvalue weighted by Crippen LogP contribution is 2.43. The minimum absolute atomic E-state index is 0.0591. The summed E-state index contributed by atoms with van der Waals surface area (Å²) in [4.78, 5) is 5.83. The summed E-state index contributed by atoms with van der Waals surface area (Å²) >= 11 is 0. The number of fused-ring (bicyclic) bond motifs is 1. The van der Waals surface area contributed by atoms with Gasteiger partial charge >= 0.3 is 0 Å². The van der Waals surface area contributed by atoms with Crippen LogP contribution < -0.4 is 20.7 Å². The standard InChI is InChI=1S/C39H47NO3Si2/c1-38(2,3)44(31-19-11-7-12-20-31,32-21-13-8-14-22-32)42-30-27-36-35(29-41-40-36)37(28-30)43-45(39(4,5)6,33-23-15-9-16-24-33)34-25-17-10-18-26-34/h7-26,30,35,37H,27-29H2,1-6H3. The Kier molecular flexibility index (Phi) is 8.79. The first-order valence-electron chi connectivity index (χ1n) is 16.3. The van der Waals surface area contributed by atoms with Gasteiger partial charge in [-0.25, -0.2) is 0 Å². The molecule has 1 heterocycles. The van der Waals surface area contributed by atoms with Gasteiger partial charge in [0.2, 0.25) is 0 Å². The molecule has 1 saturated carbocycles. The zero-order valence-corrected chi connectivity index (χ0v) is 29.6. The van der Waals surface area contributed by atoms with E-state index in [1.807, 2.05) is 0 Å². The number of nitrogens with zero attached hydrogens (tertiary/aromatic N) is 1. The average molecular weight is 634 g/mol. The van der Waals surface area contributed by atoms with E-state index in [2.05, 4.69) is 168 Å². The summed E-state index contributed by atoms with van der Waals surface area (Å²) in [6.45, 7) is 14.6. The van der Waals surface area contributed by atoms with Crippen LogP contribution in [0.1, 0.15) is 54.4 Å². The van der Waals surface area contributed by atoms with Crippen molar-refractivity contribution in [3.8, 4) is 0 Å². The number of rotatable bonds is 8. The monoisotopic (exact) mass is 633 g/mol. The molecule has 1 fully saturated rings. The Labute approximate surface area is 271 Å². The van der Waals surface area contributed by atoms with E-state index in [9.17, 15) is 0 Å². The second-order valence-electron chi connectivity index (χ2n) is 14.6. The fourth-order valence-corrected chi connectivity index (χ4v) is 17.1. The molecule has 0 spiro atoms. The molecule has 0 amide bonds. The summed E-state index contributed by atoms with van der Waals surface area (Å²) < 4.78 is 15.5. The highest BCUT2D eigenvalue weighted by atomic mass is 28.4. The summed E-state index contributed by atoms with van der Waals surface area (Å²) in [6.07, 6.45) is 1.41. The third kappa shape index (κ3) is 5.78. The van der Waals surface area contributed by atoms with Crippen LogP contribution in [0, 0.1) is 5.92 Å². The minimum Gasteiger partial charge on any atom is -0.404 e. The zero-order chi connectivity index (χ0) is 31.7. The molecule has 0 bridgehead atoms. The first-order valence-corrected chi connectivity index (χ1v) is 20.1. The lowest BCUT2D eigenvalue weighted by atomic mass is 9.84. The molecule has 234 valence electrons. The molecule has 4 nitrogen and oxygen atoms in total. The molecule has 0 N–H and O–H groups in total. The molecule has 0 saturated heterocycles. The Morgan fingerprint density at radius 2 is 0.956 bits per heavy atom. The Bertz CT molecular complexity index is 1500. The van der Waals surface area contributed by atoms with Crippen LogP contribution in [0.15, 0.2) is 126 Å². The lowest BCUT2D eigenvalue weighted by molar-refractivity contribution is 0.0467. The van der Waals surface area contributed by atoms with E-state index >= 15 is 0 Å². The van der Waals surface area contributed by atoms with E-state index in [-0.39, 0.29) is 28.2 Å². The van der Waals surface area contributed by atoms with Crippen LogP contribution in [0.4, 0.5) is 0 Å². The van der Waals surface area contributed by atoms with Gasteiger partial charge in [-0.05, 0) is 37.2 Å². The van der Waals surface area contributed by atoms with Gasteiger partial charge in [0.25, 0.3) is 16.6 Å². The van der Waals surface area contributed by atoms with Crippen molar-refractivity contribution >= 4 is 43.1 Å². The summed E-state index contributed by atoms with van der Waals surface area (Å²) in [7, 11) is -5.58.